The lowest BCUT2D eigenvalue weighted by Crippen LogP contribution is -2.30. The third-order valence-electron chi connectivity index (χ3n) is 1.38. The van der Waals surface area contributed by atoms with Crippen molar-refractivity contribution in [3.05, 3.63) is 23.2 Å². The van der Waals surface area contributed by atoms with Gasteiger partial charge in [0, 0.05) is 10.7 Å². The number of hydrazine groups is 1. The van der Waals surface area contributed by atoms with E-state index in [0.29, 0.717) is 16.2 Å². The highest BCUT2D eigenvalue weighted by molar-refractivity contribution is 6.59. The minimum atomic E-state index is -1.53. The van der Waals surface area contributed by atoms with E-state index < -0.39 is 7.12 Å². The monoisotopic (exact) mass is 186 g/mol. The maximum atomic E-state index is 8.80. The molecule has 0 aliphatic rings. The van der Waals surface area contributed by atoms with Gasteiger partial charge in [-0.2, -0.15) is 0 Å². The predicted molar refractivity (Wildman–Crippen MR) is 49.1 cm³/mol. The zero-order chi connectivity index (χ0) is 9.14. The molecule has 0 saturated carbocycles. The summed E-state index contributed by atoms with van der Waals surface area (Å²) >= 11 is 5.66. The van der Waals surface area contributed by atoms with Crippen molar-refractivity contribution in [3.8, 4) is 0 Å². The van der Waals surface area contributed by atoms with Gasteiger partial charge in [-0.3, -0.25) is 5.84 Å². The number of nitrogen functional groups attached to an aromatic ring is 1. The van der Waals surface area contributed by atoms with Gasteiger partial charge in [-0.15, -0.1) is 0 Å². The fourth-order valence-corrected chi connectivity index (χ4v) is 1.09. The molecule has 1 aromatic rings. The zero-order valence-electron chi connectivity index (χ0n) is 6.16. The van der Waals surface area contributed by atoms with Crippen LogP contribution in [0.15, 0.2) is 18.2 Å². The lowest BCUT2D eigenvalue weighted by molar-refractivity contribution is 0.426. The van der Waals surface area contributed by atoms with Crippen molar-refractivity contribution < 1.29 is 10.0 Å². The average molecular weight is 186 g/mol. The molecular formula is C6H8BClN2O2. The van der Waals surface area contributed by atoms with E-state index in [-0.39, 0.29) is 0 Å². The van der Waals surface area contributed by atoms with Gasteiger partial charge < -0.3 is 15.5 Å². The summed E-state index contributed by atoms with van der Waals surface area (Å²) in [4.78, 5) is 0. The van der Waals surface area contributed by atoms with E-state index >= 15 is 0 Å². The maximum absolute atomic E-state index is 8.80. The highest BCUT2D eigenvalue weighted by atomic mass is 35.5. The Balaban J connectivity index is 3.06. The highest BCUT2D eigenvalue weighted by Gasteiger charge is 2.11. The molecule has 64 valence electrons. The van der Waals surface area contributed by atoms with Crippen molar-refractivity contribution in [1.82, 2.24) is 0 Å². The molecule has 0 aliphatic carbocycles. The Labute approximate surface area is 75.1 Å². The molecule has 0 amide bonds. The highest BCUT2D eigenvalue weighted by Crippen LogP contribution is 2.12. The number of nitrogens with two attached hydrogens (primary N) is 1. The molecule has 12 heavy (non-hydrogen) atoms. The topological polar surface area (TPSA) is 78.5 Å². The summed E-state index contributed by atoms with van der Waals surface area (Å²) in [6.45, 7) is 0. The van der Waals surface area contributed by atoms with E-state index in [1.165, 1.54) is 12.1 Å². The SMILES string of the molecule is NNc1cc(Cl)cc(B(O)O)c1. The van der Waals surface area contributed by atoms with Crippen molar-refractivity contribution in [3.63, 3.8) is 0 Å². The number of nitrogens with one attached hydrogen (secondary N) is 1. The molecule has 0 heterocycles. The Morgan fingerprint density at radius 1 is 1.33 bits per heavy atom. The van der Waals surface area contributed by atoms with Crippen LogP contribution in [-0.2, 0) is 0 Å². The van der Waals surface area contributed by atoms with Crippen LogP contribution in [0, 0.1) is 0 Å². The first kappa shape index (κ1) is 9.34. The van der Waals surface area contributed by atoms with Gasteiger partial charge in [0.2, 0.25) is 0 Å². The second-order valence-electron chi connectivity index (χ2n) is 2.29. The Kier molecular flexibility index (Phi) is 2.94. The lowest BCUT2D eigenvalue weighted by atomic mass is 9.80. The van der Waals surface area contributed by atoms with Crippen molar-refractivity contribution in [2.45, 2.75) is 0 Å². The molecule has 6 heteroatoms. The van der Waals surface area contributed by atoms with Crippen LogP contribution in [0.2, 0.25) is 5.02 Å². The van der Waals surface area contributed by atoms with E-state index in [9.17, 15) is 0 Å². The second-order valence-corrected chi connectivity index (χ2v) is 2.73. The van der Waals surface area contributed by atoms with Gasteiger partial charge in [-0.25, -0.2) is 0 Å². The predicted octanol–water partition coefficient (Wildman–Crippen LogP) is -0.695. The molecule has 0 spiro atoms. The number of hydrogen-bond acceptors (Lipinski definition) is 4. The van der Waals surface area contributed by atoms with Gasteiger partial charge in [0.05, 0.1) is 0 Å². The summed E-state index contributed by atoms with van der Waals surface area (Å²) in [6.07, 6.45) is 0. The molecule has 0 radical (unpaired) electrons. The van der Waals surface area contributed by atoms with Crippen LogP contribution in [0.3, 0.4) is 0 Å². The fourth-order valence-electron chi connectivity index (χ4n) is 0.845. The number of hydrogen-bond donors (Lipinski definition) is 4. The summed E-state index contributed by atoms with van der Waals surface area (Å²) in [7, 11) is -1.53. The first-order chi connectivity index (χ1) is 5.63. The number of halogens is 1. The Morgan fingerprint density at radius 3 is 2.50 bits per heavy atom. The number of benzene rings is 1. The summed E-state index contributed by atoms with van der Waals surface area (Å²) < 4.78 is 0. The number of rotatable bonds is 2. The molecule has 1 aromatic carbocycles. The molecule has 0 aliphatic heterocycles. The van der Waals surface area contributed by atoms with Crippen LogP contribution in [0.4, 0.5) is 5.69 Å². The zero-order valence-corrected chi connectivity index (χ0v) is 6.92. The van der Waals surface area contributed by atoms with Gasteiger partial charge in [0.1, 0.15) is 0 Å². The molecule has 1 rings (SSSR count). The van der Waals surface area contributed by atoms with E-state index in [2.05, 4.69) is 5.43 Å². The maximum Gasteiger partial charge on any atom is 0.488 e. The van der Waals surface area contributed by atoms with Crippen LogP contribution < -0.4 is 16.7 Å². The van der Waals surface area contributed by atoms with Crippen LogP contribution in [0.25, 0.3) is 0 Å². The van der Waals surface area contributed by atoms with Crippen molar-refractivity contribution in [2.24, 2.45) is 5.84 Å². The molecular weight excluding hydrogens is 178 g/mol. The van der Waals surface area contributed by atoms with E-state index in [0.717, 1.165) is 0 Å². The van der Waals surface area contributed by atoms with Crippen molar-refractivity contribution >= 4 is 29.9 Å². The molecule has 5 N–H and O–H groups in total. The fraction of sp³-hybridized carbons (Fsp3) is 0. The smallest absolute Gasteiger partial charge is 0.423 e. The van der Waals surface area contributed by atoms with Gasteiger partial charge in [-0.05, 0) is 23.7 Å². The van der Waals surface area contributed by atoms with E-state index in [1.54, 1.807) is 6.07 Å². The van der Waals surface area contributed by atoms with Crippen molar-refractivity contribution in [1.29, 1.82) is 0 Å². The van der Waals surface area contributed by atoms with E-state index in [1.807, 2.05) is 0 Å². The van der Waals surface area contributed by atoms with Gasteiger partial charge in [-0.1, -0.05) is 11.6 Å². The minimum absolute atomic E-state index is 0.301. The van der Waals surface area contributed by atoms with Gasteiger partial charge in [0.25, 0.3) is 0 Å². The average Bonchev–Trinajstić information content (AvgIpc) is 2.03. The molecule has 0 bridgehead atoms. The Bertz CT molecular complexity index is 282. The van der Waals surface area contributed by atoms with E-state index in [4.69, 9.17) is 27.5 Å². The largest absolute Gasteiger partial charge is 0.488 e. The van der Waals surface area contributed by atoms with Gasteiger partial charge in [0.15, 0.2) is 0 Å². The normalized spacial score (nSPS) is 9.67. The molecule has 0 unspecified atom stereocenters. The first-order valence-corrected chi connectivity index (χ1v) is 3.64. The molecule has 0 aromatic heterocycles. The minimum Gasteiger partial charge on any atom is -0.423 e. The van der Waals surface area contributed by atoms with Gasteiger partial charge >= 0.3 is 7.12 Å². The van der Waals surface area contributed by atoms with Crippen molar-refractivity contribution in [2.75, 3.05) is 5.43 Å². The third kappa shape index (κ3) is 2.12. The van der Waals surface area contributed by atoms with Crippen LogP contribution in [-0.4, -0.2) is 17.2 Å². The van der Waals surface area contributed by atoms with Crippen LogP contribution in [0.5, 0.6) is 0 Å². The Hall–Kier alpha value is -0.745. The number of anilines is 1. The first-order valence-electron chi connectivity index (χ1n) is 3.26. The summed E-state index contributed by atoms with van der Waals surface area (Å²) in [6, 6.07) is 4.52. The lowest BCUT2D eigenvalue weighted by Gasteiger charge is -2.04. The standard InChI is InChI=1S/C6H8BClN2O2/c8-5-1-4(7(11)12)2-6(3-5)10-9/h1-3,10-12H,9H2. The second kappa shape index (κ2) is 3.77. The van der Waals surface area contributed by atoms with Crippen LogP contribution >= 0.6 is 11.6 Å². The summed E-state index contributed by atoms with van der Waals surface area (Å²) in [5, 5.41) is 18.0. The summed E-state index contributed by atoms with van der Waals surface area (Å²) in [5.41, 5.74) is 3.19. The molecule has 0 fully saturated rings. The van der Waals surface area contributed by atoms with Crippen LogP contribution in [0.1, 0.15) is 0 Å². The Morgan fingerprint density at radius 2 is 2.00 bits per heavy atom. The third-order valence-corrected chi connectivity index (χ3v) is 1.60. The molecule has 0 atom stereocenters. The quantitative estimate of drug-likeness (QED) is 0.280. The molecule has 4 nitrogen and oxygen atoms in total. The summed E-state index contributed by atoms with van der Waals surface area (Å²) in [5.74, 6) is 5.12. The molecule has 0 saturated heterocycles.